The fourth-order valence-electron chi connectivity index (χ4n) is 3.22. The van der Waals surface area contributed by atoms with Crippen molar-refractivity contribution >= 4 is 32.7 Å². The number of likely N-dealkylation sites (tertiary alicyclic amines) is 1. The predicted octanol–water partition coefficient (Wildman–Crippen LogP) is 4.22. The molecule has 1 saturated heterocycles. The number of alkyl halides is 3. The van der Waals surface area contributed by atoms with Gasteiger partial charge in [-0.15, -0.1) is 0 Å². The summed E-state index contributed by atoms with van der Waals surface area (Å²) in [5.74, 6) is -0.234. The minimum atomic E-state index is -4.36. The Balaban J connectivity index is 1.94. The van der Waals surface area contributed by atoms with Gasteiger partial charge in [-0.1, -0.05) is 22.0 Å². The Bertz CT molecular complexity index is 780. The molecule has 0 atom stereocenters. The summed E-state index contributed by atoms with van der Waals surface area (Å²) >= 11 is 3.28. The maximum Gasteiger partial charge on any atom is 0.406 e. The molecular weight excluding hydrogens is 401 g/mol. The highest BCUT2D eigenvalue weighted by Crippen LogP contribution is 2.29. The molecule has 1 aromatic carbocycles. The summed E-state index contributed by atoms with van der Waals surface area (Å²) in [5.41, 5.74) is 0.699. The van der Waals surface area contributed by atoms with Crippen LogP contribution in [0.4, 0.5) is 13.2 Å². The Hall–Kier alpha value is -1.54. The average molecular weight is 419 g/mol. The molecule has 0 spiro atoms. The van der Waals surface area contributed by atoms with Gasteiger partial charge in [0.15, 0.2) is 0 Å². The van der Waals surface area contributed by atoms with Gasteiger partial charge >= 0.3 is 6.18 Å². The smallest absolute Gasteiger partial charge is 0.381 e. The Labute approximate surface area is 151 Å². The lowest BCUT2D eigenvalue weighted by Gasteiger charge is -2.31. The first-order valence-corrected chi connectivity index (χ1v) is 8.75. The normalized spacial score (nSPS) is 16.6. The van der Waals surface area contributed by atoms with Crippen molar-refractivity contribution in [2.24, 2.45) is 0 Å². The third-order valence-corrected chi connectivity index (χ3v) is 4.98. The number of piperidine rings is 1. The van der Waals surface area contributed by atoms with E-state index in [1.54, 1.807) is 30.2 Å². The quantitative estimate of drug-likeness (QED) is 0.747. The molecule has 4 nitrogen and oxygen atoms in total. The van der Waals surface area contributed by atoms with Crippen molar-refractivity contribution < 1.29 is 22.7 Å². The third-order valence-electron chi connectivity index (χ3n) is 4.49. The Morgan fingerprint density at radius 3 is 2.60 bits per heavy atom. The lowest BCUT2D eigenvalue weighted by atomic mass is 10.1. The van der Waals surface area contributed by atoms with E-state index in [0.29, 0.717) is 34.0 Å². The minimum Gasteiger partial charge on any atom is -0.381 e. The molecule has 0 unspecified atom stereocenters. The number of hydrogen-bond acceptors (Lipinski definition) is 2. The molecule has 0 bridgehead atoms. The van der Waals surface area contributed by atoms with Crippen LogP contribution >= 0.6 is 15.9 Å². The van der Waals surface area contributed by atoms with Gasteiger partial charge in [-0.25, -0.2) is 0 Å². The Kier molecular flexibility index (Phi) is 5.11. The first kappa shape index (κ1) is 18.3. The van der Waals surface area contributed by atoms with Crippen LogP contribution in [-0.4, -0.2) is 47.9 Å². The van der Waals surface area contributed by atoms with Crippen molar-refractivity contribution in [3.8, 4) is 0 Å². The molecule has 1 amide bonds. The molecule has 0 aliphatic carbocycles. The van der Waals surface area contributed by atoms with Crippen LogP contribution in [0, 0.1) is 0 Å². The fraction of sp³-hybridized carbons (Fsp3) is 0.471. The Morgan fingerprint density at radius 2 is 2.00 bits per heavy atom. The van der Waals surface area contributed by atoms with E-state index in [1.807, 2.05) is 0 Å². The van der Waals surface area contributed by atoms with E-state index in [4.69, 9.17) is 4.74 Å². The van der Waals surface area contributed by atoms with Crippen LogP contribution < -0.4 is 0 Å². The molecule has 0 radical (unpaired) electrons. The van der Waals surface area contributed by atoms with Gasteiger partial charge in [0, 0.05) is 36.3 Å². The molecule has 25 heavy (non-hydrogen) atoms. The van der Waals surface area contributed by atoms with E-state index in [2.05, 4.69) is 15.9 Å². The molecule has 1 aliphatic heterocycles. The second-order valence-corrected chi connectivity index (χ2v) is 7.09. The van der Waals surface area contributed by atoms with Gasteiger partial charge in [-0.2, -0.15) is 13.2 Å². The number of halogens is 4. The second kappa shape index (κ2) is 6.99. The topological polar surface area (TPSA) is 34.5 Å². The Morgan fingerprint density at radius 1 is 1.32 bits per heavy atom. The standard InChI is InChI=1S/C17H18BrF3N2O2/c1-25-12-4-6-22(7-5-12)16(24)14-9-23(10-17(19,20)21)15-8-11(18)2-3-13(14)15/h2-3,8-9,12H,4-7,10H2,1H3. The maximum absolute atomic E-state index is 12.9. The zero-order chi connectivity index (χ0) is 18.2. The number of carbonyl (C=O) groups is 1. The molecule has 0 saturated carbocycles. The average Bonchev–Trinajstić information content (AvgIpc) is 2.90. The number of hydrogen-bond donors (Lipinski definition) is 0. The van der Waals surface area contributed by atoms with Gasteiger partial charge in [0.05, 0.1) is 17.2 Å². The molecule has 1 fully saturated rings. The predicted molar refractivity (Wildman–Crippen MR) is 91.6 cm³/mol. The second-order valence-electron chi connectivity index (χ2n) is 6.17. The van der Waals surface area contributed by atoms with E-state index >= 15 is 0 Å². The number of ether oxygens (including phenoxy) is 1. The number of rotatable bonds is 3. The maximum atomic E-state index is 12.9. The molecule has 136 valence electrons. The van der Waals surface area contributed by atoms with Gasteiger partial charge < -0.3 is 14.2 Å². The van der Waals surface area contributed by atoms with Gasteiger partial charge in [0.2, 0.25) is 0 Å². The molecule has 1 aromatic heterocycles. The van der Waals surface area contributed by atoms with Crippen molar-refractivity contribution in [2.75, 3.05) is 20.2 Å². The molecule has 3 rings (SSSR count). The fourth-order valence-corrected chi connectivity index (χ4v) is 3.57. The number of carbonyl (C=O) groups excluding carboxylic acids is 1. The molecule has 1 aliphatic rings. The number of benzene rings is 1. The molecule has 2 heterocycles. The van der Waals surface area contributed by atoms with E-state index in [1.165, 1.54) is 6.20 Å². The number of amides is 1. The van der Waals surface area contributed by atoms with Crippen molar-refractivity contribution in [1.29, 1.82) is 0 Å². The van der Waals surface area contributed by atoms with Crippen LogP contribution in [0.15, 0.2) is 28.9 Å². The highest BCUT2D eigenvalue weighted by atomic mass is 79.9. The highest BCUT2D eigenvalue weighted by Gasteiger charge is 2.31. The number of aromatic nitrogens is 1. The summed E-state index contributed by atoms with van der Waals surface area (Å²) in [6.45, 7) is -0.0430. The van der Waals surface area contributed by atoms with Crippen molar-refractivity contribution in [2.45, 2.75) is 31.7 Å². The van der Waals surface area contributed by atoms with Gasteiger partial charge in [0.1, 0.15) is 6.54 Å². The van der Waals surface area contributed by atoms with Gasteiger partial charge in [0.25, 0.3) is 5.91 Å². The summed E-state index contributed by atoms with van der Waals surface area (Å²) in [4.78, 5) is 14.5. The SMILES string of the molecule is COC1CCN(C(=O)c2cn(CC(F)(F)F)c3cc(Br)ccc23)CC1. The van der Waals surface area contributed by atoms with Gasteiger partial charge in [-0.3, -0.25) is 4.79 Å². The van der Waals surface area contributed by atoms with Crippen LogP contribution in [0.1, 0.15) is 23.2 Å². The van der Waals surface area contributed by atoms with Crippen LogP contribution in [0.3, 0.4) is 0 Å². The lowest BCUT2D eigenvalue weighted by molar-refractivity contribution is -0.139. The summed E-state index contributed by atoms with van der Waals surface area (Å²) < 4.78 is 45.7. The summed E-state index contributed by atoms with van der Waals surface area (Å²) in [6.07, 6.45) is -1.45. The van der Waals surface area contributed by atoms with E-state index in [9.17, 15) is 18.0 Å². The van der Waals surface area contributed by atoms with Crippen molar-refractivity contribution in [1.82, 2.24) is 9.47 Å². The zero-order valence-corrected chi connectivity index (χ0v) is 15.2. The monoisotopic (exact) mass is 418 g/mol. The first-order chi connectivity index (χ1) is 11.8. The minimum absolute atomic E-state index is 0.131. The van der Waals surface area contributed by atoms with E-state index in [0.717, 1.165) is 17.4 Å². The van der Waals surface area contributed by atoms with Crippen LogP contribution in [0.2, 0.25) is 0 Å². The van der Waals surface area contributed by atoms with Crippen LogP contribution in [0.25, 0.3) is 10.9 Å². The molecule has 0 N–H and O–H groups in total. The largest absolute Gasteiger partial charge is 0.406 e. The molecule has 8 heteroatoms. The first-order valence-electron chi connectivity index (χ1n) is 7.95. The number of nitrogens with zero attached hydrogens (tertiary/aromatic N) is 2. The summed E-state index contributed by atoms with van der Waals surface area (Å²) in [7, 11) is 1.64. The zero-order valence-electron chi connectivity index (χ0n) is 13.6. The van der Waals surface area contributed by atoms with Crippen LogP contribution in [-0.2, 0) is 11.3 Å². The van der Waals surface area contributed by atoms with Crippen LogP contribution in [0.5, 0.6) is 0 Å². The van der Waals surface area contributed by atoms with Gasteiger partial charge in [-0.05, 0) is 25.0 Å². The van der Waals surface area contributed by atoms with Crippen molar-refractivity contribution in [3.05, 3.63) is 34.4 Å². The van der Waals surface area contributed by atoms with E-state index < -0.39 is 12.7 Å². The lowest BCUT2D eigenvalue weighted by Crippen LogP contribution is -2.40. The third kappa shape index (κ3) is 4.00. The summed E-state index contributed by atoms with van der Waals surface area (Å²) in [5, 5.41) is 0.534. The number of fused-ring (bicyclic) bond motifs is 1. The number of methoxy groups -OCH3 is 1. The molecular formula is C17H18BrF3N2O2. The van der Waals surface area contributed by atoms with Crippen molar-refractivity contribution in [3.63, 3.8) is 0 Å². The highest BCUT2D eigenvalue weighted by molar-refractivity contribution is 9.10. The van der Waals surface area contributed by atoms with E-state index in [-0.39, 0.29) is 12.0 Å². The molecule has 2 aromatic rings. The summed E-state index contributed by atoms with van der Waals surface area (Å²) in [6, 6.07) is 5.02.